The maximum Gasteiger partial charge on any atom is 0.0545 e. The van der Waals surface area contributed by atoms with Crippen LogP contribution in [0, 0.1) is 0 Å². The van der Waals surface area contributed by atoms with E-state index in [1.807, 2.05) is 30.9 Å². The summed E-state index contributed by atoms with van der Waals surface area (Å²) in [6.07, 6.45) is 0. The van der Waals surface area contributed by atoms with Crippen LogP contribution in [0.5, 0.6) is 0 Å². The van der Waals surface area contributed by atoms with E-state index in [2.05, 4.69) is 11.4 Å². The van der Waals surface area contributed by atoms with Crippen molar-refractivity contribution in [2.24, 2.45) is 0 Å². The zero-order valence-electron chi connectivity index (χ0n) is 6.80. The molecule has 0 radical (unpaired) electrons. The van der Waals surface area contributed by atoms with E-state index in [4.69, 9.17) is 11.6 Å². The van der Waals surface area contributed by atoms with Gasteiger partial charge in [0.2, 0.25) is 0 Å². The molecule has 3 heteroatoms. The minimum Gasteiger partial charge on any atom is -0.312 e. The molecule has 1 atom stereocenters. The van der Waals surface area contributed by atoms with E-state index >= 15 is 0 Å². The van der Waals surface area contributed by atoms with Crippen molar-refractivity contribution in [1.82, 2.24) is 5.32 Å². The van der Waals surface area contributed by atoms with Crippen molar-refractivity contribution < 1.29 is 0 Å². The van der Waals surface area contributed by atoms with Crippen molar-refractivity contribution in [2.45, 2.75) is 10.9 Å². The van der Waals surface area contributed by atoms with Gasteiger partial charge in [-0.2, -0.15) is 0 Å². The normalized spacial score (nSPS) is 21.0. The summed E-state index contributed by atoms with van der Waals surface area (Å²) in [6.45, 7) is 0. The van der Waals surface area contributed by atoms with Gasteiger partial charge in [-0.15, -0.1) is 11.8 Å². The van der Waals surface area contributed by atoms with Gasteiger partial charge < -0.3 is 5.32 Å². The lowest BCUT2D eigenvalue weighted by Gasteiger charge is -2.08. The first kappa shape index (κ1) is 8.42. The number of hydrogen-bond donors (Lipinski definition) is 1. The summed E-state index contributed by atoms with van der Waals surface area (Å²) in [5.74, 6) is 1.09. The summed E-state index contributed by atoms with van der Waals surface area (Å²) in [7, 11) is 1.99. The predicted molar refractivity (Wildman–Crippen MR) is 54.0 cm³/mol. The molecule has 1 aromatic rings. The standard InChI is InChI=1S/C9H10ClNS/c1-11-8-5-12-9-6(8)3-2-4-7(9)10/h2-4,8,11H,5H2,1H3. The van der Waals surface area contributed by atoms with Gasteiger partial charge in [0.05, 0.1) is 5.02 Å². The lowest BCUT2D eigenvalue weighted by atomic mass is 10.1. The average molecular weight is 200 g/mol. The topological polar surface area (TPSA) is 12.0 Å². The zero-order chi connectivity index (χ0) is 8.55. The Morgan fingerprint density at radius 1 is 1.58 bits per heavy atom. The number of benzene rings is 1. The third-order valence-electron chi connectivity index (χ3n) is 2.12. The second kappa shape index (κ2) is 3.29. The van der Waals surface area contributed by atoms with Crippen LogP contribution in [0.15, 0.2) is 23.1 Å². The van der Waals surface area contributed by atoms with Crippen molar-refractivity contribution in [3.63, 3.8) is 0 Å². The van der Waals surface area contributed by atoms with Gasteiger partial charge in [0.1, 0.15) is 0 Å². The maximum absolute atomic E-state index is 6.04. The van der Waals surface area contributed by atoms with Gasteiger partial charge in [-0.3, -0.25) is 0 Å². The Bertz CT molecular complexity index is 301. The summed E-state index contributed by atoms with van der Waals surface area (Å²) >= 11 is 7.88. The van der Waals surface area contributed by atoms with E-state index in [0.717, 1.165) is 10.8 Å². The Morgan fingerprint density at radius 2 is 2.42 bits per heavy atom. The van der Waals surface area contributed by atoms with Gasteiger partial charge in [-0.05, 0) is 18.7 Å². The highest BCUT2D eigenvalue weighted by atomic mass is 35.5. The number of nitrogens with one attached hydrogen (secondary N) is 1. The Morgan fingerprint density at radius 3 is 3.17 bits per heavy atom. The molecule has 64 valence electrons. The molecule has 0 amide bonds. The van der Waals surface area contributed by atoms with Gasteiger partial charge in [0.15, 0.2) is 0 Å². The van der Waals surface area contributed by atoms with Crippen molar-refractivity contribution in [3.05, 3.63) is 28.8 Å². The molecule has 1 heterocycles. The molecule has 0 bridgehead atoms. The number of hydrogen-bond acceptors (Lipinski definition) is 2. The molecule has 0 saturated carbocycles. The molecule has 12 heavy (non-hydrogen) atoms. The molecule has 0 spiro atoms. The molecule has 1 aromatic carbocycles. The average Bonchev–Trinajstić information content (AvgIpc) is 2.49. The Labute approximate surface area is 81.5 Å². The van der Waals surface area contributed by atoms with E-state index in [1.165, 1.54) is 10.5 Å². The molecular formula is C9H10ClNS. The first-order valence-corrected chi connectivity index (χ1v) is 5.27. The molecule has 0 aromatic heterocycles. The summed E-state index contributed by atoms with van der Waals surface area (Å²) < 4.78 is 0. The minimum absolute atomic E-state index is 0.476. The zero-order valence-corrected chi connectivity index (χ0v) is 8.38. The molecule has 1 aliphatic rings. The molecule has 0 saturated heterocycles. The van der Waals surface area contributed by atoms with Gasteiger partial charge in [0, 0.05) is 16.7 Å². The van der Waals surface area contributed by atoms with E-state index in [-0.39, 0.29) is 0 Å². The van der Waals surface area contributed by atoms with Crippen LogP contribution in [0.1, 0.15) is 11.6 Å². The third-order valence-corrected chi connectivity index (χ3v) is 3.79. The smallest absolute Gasteiger partial charge is 0.0545 e. The van der Waals surface area contributed by atoms with Crippen LogP contribution in [0.3, 0.4) is 0 Å². The molecule has 1 N–H and O–H groups in total. The van der Waals surface area contributed by atoms with Crippen molar-refractivity contribution in [1.29, 1.82) is 0 Å². The Balaban J connectivity index is 2.46. The second-order valence-electron chi connectivity index (χ2n) is 2.81. The fraction of sp³-hybridized carbons (Fsp3) is 0.333. The van der Waals surface area contributed by atoms with E-state index in [0.29, 0.717) is 6.04 Å². The van der Waals surface area contributed by atoms with Crippen molar-refractivity contribution in [3.8, 4) is 0 Å². The highest BCUT2D eigenvalue weighted by Gasteiger charge is 2.22. The highest BCUT2D eigenvalue weighted by molar-refractivity contribution is 7.99. The van der Waals surface area contributed by atoms with Gasteiger partial charge >= 0.3 is 0 Å². The monoisotopic (exact) mass is 199 g/mol. The summed E-state index contributed by atoms with van der Waals surface area (Å²) in [5, 5.41) is 4.15. The molecule has 1 aliphatic heterocycles. The fourth-order valence-corrected chi connectivity index (χ4v) is 3.06. The second-order valence-corrected chi connectivity index (χ2v) is 4.25. The number of thioether (sulfide) groups is 1. The number of fused-ring (bicyclic) bond motifs is 1. The molecule has 0 aliphatic carbocycles. The Hall–Kier alpha value is -0.180. The lowest BCUT2D eigenvalue weighted by Crippen LogP contribution is -2.15. The summed E-state index contributed by atoms with van der Waals surface area (Å²) in [6, 6.07) is 6.58. The molecule has 2 rings (SSSR count). The Kier molecular flexibility index (Phi) is 2.31. The van der Waals surface area contributed by atoms with Gasteiger partial charge in [-0.25, -0.2) is 0 Å². The fourth-order valence-electron chi connectivity index (χ4n) is 1.45. The SMILES string of the molecule is CNC1CSc2c(Cl)cccc21. The highest BCUT2D eigenvalue weighted by Crippen LogP contribution is 2.41. The van der Waals surface area contributed by atoms with Crippen LogP contribution in [0.2, 0.25) is 5.02 Å². The predicted octanol–water partition coefficient (Wildman–Crippen LogP) is 2.71. The van der Waals surface area contributed by atoms with Crippen LogP contribution in [-0.4, -0.2) is 12.8 Å². The van der Waals surface area contributed by atoms with Crippen molar-refractivity contribution in [2.75, 3.05) is 12.8 Å². The largest absolute Gasteiger partial charge is 0.312 e. The quantitative estimate of drug-likeness (QED) is 0.747. The molecular weight excluding hydrogens is 190 g/mol. The summed E-state index contributed by atoms with van der Waals surface area (Å²) in [5.41, 5.74) is 1.34. The number of rotatable bonds is 1. The van der Waals surface area contributed by atoms with Crippen LogP contribution in [0.4, 0.5) is 0 Å². The van der Waals surface area contributed by atoms with E-state index in [1.54, 1.807) is 0 Å². The first-order valence-electron chi connectivity index (χ1n) is 3.91. The molecule has 1 nitrogen and oxygen atoms in total. The van der Waals surface area contributed by atoms with Crippen LogP contribution < -0.4 is 5.32 Å². The van der Waals surface area contributed by atoms with Crippen molar-refractivity contribution >= 4 is 23.4 Å². The van der Waals surface area contributed by atoms with Gasteiger partial charge in [0.25, 0.3) is 0 Å². The number of halogens is 1. The van der Waals surface area contributed by atoms with Crippen LogP contribution in [-0.2, 0) is 0 Å². The summed E-state index contributed by atoms with van der Waals surface area (Å²) in [4.78, 5) is 1.25. The lowest BCUT2D eigenvalue weighted by molar-refractivity contribution is 0.664. The van der Waals surface area contributed by atoms with E-state index in [9.17, 15) is 0 Å². The maximum atomic E-state index is 6.04. The minimum atomic E-state index is 0.476. The van der Waals surface area contributed by atoms with Gasteiger partial charge in [-0.1, -0.05) is 23.7 Å². The molecule has 0 fully saturated rings. The van der Waals surface area contributed by atoms with E-state index < -0.39 is 0 Å². The first-order chi connectivity index (χ1) is 5.83. The third kappa shape index (κ3) is 1.24. The molecule has 1 unspecified atom stereocenters. The van der Waals surface area contributed by atoms with Crippen LogP contribution in [0.25, 0.3) is 0 Å². The van der Waals surface area contributed by atoms with Crippen LogP contribution >= 0.6 is 23.4 Å².